The van der Waals surface area contributed by atoms with Gasteiger partial charge in [-0.1, -0.05) is 66.4 Å². The minimum Gasteiger partial charge on any atom is -0.348 e. The van der Waals surface area contributed by atoms with Gasteiger partial charge in [0.2, 0.25) is 0 Å². The van der Waals surface area contributed by atoms with Crippen LogP contribution in [0.25, 0.3) is 0 Å². The molecule has 8 nitrogen and oxygen atoms in total. The average Bonchev–Trinajstić information content (AvgIpc) is 2.92. The van der Waals surface area contributed by atoms with E-state index in [0.717, 1.165) is 5.56 Å². The van der Waals surface area contributed by atoms with Crippen molar-refractivity contribution in [2.75, 3.05) is 24.1 Å². The molecular formula is C28H26N2O6S. The zero-order chi connectivity index (χ0) is 25.9. The van der Waals surface area contributed by atoms with Crippen molar-refractivity contribution in [3.05, 3.63) is 100 Å². The first kappa shape index (κ1) is 25.0. The van der Waals surface area contributed by atoms with E-state index in [1.165, 1.54) is 28.6 Å². The van der Waals surface area contributed by atoms with Gasteiger partial charge < -0.3 is 9.47 Å². The Morgan fingerprint density at radius 1 is 0.946 bits per heavy atom. The van der Waals surface area contributed by atoms with Gasteiger partial charge in [0.05, 0.1) is 23.8 Å². The van der Waals surface area contributed by atoms with Crippen LogP contribution in [-0.4, -0.2) is 33.1 Å². The molecule has 190 valence electrons. The number of sulfonamides is 1. The van der Waals surface area contributed by atoms with Gasteiger partial charge in [-0.25, -0.2) is 8.42 Å². The number of rotatable bonds is 4. The van der Waals surface area contributed by atoms with Crippen LogP contribution < -0.4 is 4.31 Å². The summed E-state index contributed by atoms with van der Waals surface area (Å²) in [4.78, 5) is 10.6. The molecule has 9 heteroatoms. The van der Waals surface area contributed by atoms with Crippen LogP contribution in [0.1, 0.15) is 36.7 Å². The molecule has 1 fully saturated rings. The number of nitro benzene ring substituents is 1. The van der Waals surface area contributed by atoms with Gasteiger partial charge in [0.25, 0.3) is 15.7 Å². The molecule has 0 N–H and O–H groups in total. The Balaban J connectivity index is 1.46. The van der Waals surface area contributed by atoms with Crippen molar-refractivity contribution in [2.45, 2.75) is 30.4 Å². The summed E-state index contributed by atoms with van der Waals surface area (Å²) in [5, 5.41) is 11.6. The summed E-state index contributed by atoms with van der Waals surface area (Å²) in [5.41, 5.74) is 1.05. The van der Waals surface area contributed by atoms with E-state index in [9.17, 15) is 18.5 Å². The SMILES string of the molecule is O=[N+]([O-])c1ccccc1S(=O)(=O)N1CCCC2(CC#Cc3ccccc31)COC(c1ccccc1)OC2. The van der Waals surface area contributed by atoms with Crippen molar-refractivity contribution in [3.63, 3.8) is 0 Å². The lowest BCUT2D eigenvalue weighted by Crippen LogP contribution is -2.40. The molecule has 2 aliphatic rings. The first-order valence-electron chi connectivity index (χ1n) is 12.0. The summed E-state index contributed by atoms with van der Waals surface area (Å²) < 4.78 is 41.1. The first-order chi connectivity index (χ1) is 17.9. The zero-order valence-corrected chi connectivity index (χ0v) is 20.9. The van der Waals surface area contributed by atoms with Crippen molar-refractivity contribution in [3.8, 4) is 11.8 Å². The van der Waals surface area contributed by atoms with Crippen LogP contribution >= 0.6 is 0 Å². The number of benzene rings is 3. The minimum atomic E-state index is -4.24. The number of nitrogens with zero attached hydrogens (tertiary/aromatic N) is 2. The zero-order valence-electron chi connectivity index (χ0n) is 20.1. The van der Waals surface area contributed by atoms with Gasteiger partial charge in [0, 0.05) is 35.6 Å². The van der Waals surface area contributed by atoms with Crippen molar-refractivity contribution in [1.82, 2.24) is 0 Å². The van der Waals surface area contributed by atoms with E-state index in [4.69, 9.17) is 9.47 Å². The maximum atomic E-state index is 13.8. The highest BCUT2D eigenvalue weighted by Crippen LogP contribution is 2.39. The summed E-state index contributed by atoms with van der Waals surface area (Å²) in [6.45, 7) is 0.997. The number of fused-ring (bicyclic) bond motifs is 1. The topological polar surface area (TPSA) is 99.0 Å². The molecule has 0 unspecified atom stereocenters. The fraction of sp³-hybridized carbons (Fsp3) is 0.286. The lowest BCUT2D eigenvalue weighted by molar-refractivity contribution is -0.387. The summed E-state index contributed by atoms with van der Waals surface area (Å²) >= 11 is 0. The molecule has 0 bridgehead atoms. The van der Waals surface area contributed by atoms with Gasteiger partial charge in [-0.2, -0.15) is 0 Å². The van der Waals surface area contributed by atoms with Gasteiger partial charge >= 0.3 is 0 Å². The summed E-state index contributed by atoms with van der Waals surface area (Å²) in [6.07, 6.45) is 1.21. The molecule has 0 radical (unpaired) electrons. The Bertz CT molecular complexity index is 1450. The predicted molar refractivity (Wildman–Crippen MR) is 138 cm³/mol. The van der Waals surface area contributed by atoms with Crippen LogP contribution in [0.4, 0.5) is 11.4 Å². The third kappa shape index (κ3) is 5.09. The fourth-order valence-corrected chi connectivity index (χ4v) is 6.45. The average molecular weight is 519 g/mol. The van der Waals surface area contributed by atoms with E-state index < -0.39 is 32.3 Å². The Hall–Kier alpha value is -3.71. The summed E-state index contributed by atoms with van der Waals surface area (Å²) in [6, 6.07) is 22.1. The quantitative estimate of drug-likeness (QED) is 0.272. The second-order valence-electron chi connectivity index (χ2n) is 9.27. The van der Waals surface area contributed by atoms with Gasteiger partial charge in [-0.05, 0) is 31.0 Å². The largest absolute Gasteiger partial charge is 0.348 e. The van der Waals surface area contributed by atoms with E-state index in [2.05, 4.69) is 11.8 Å². The van der Waals surface area contributed by atoms with E-state index in [0.29, 0.717) is 43.7 Å². The molecule has 37 heavy (non-hydrogen) atoms. The van der Waals surface area contributed by atoms with Crippen LogP contribution in [0, 0.1) is 27.4 Å². The van der Waals surface area contributed by atoms with Crippen LogP contribution in [0.2, 0.25) is 0 Å². The van der Waals surface area contributed by atoms with Crippen molar-refractivity contribution >= 4 is 21.4 Å². The van der Waals surface area contributed by atoms with Gasteiger partial charge in [0.15, 0.2) is 11.2 Å². The van der Waals surface area contributed by atoms with Crippen molar-refractivity contribution in [2.24, 2.45) is 5.41 Å². The molecule has 2 heterocycles. The third-order valence-electron chi connectivity index (χ3n) is 6.71. The number of nitro groups is 1. The molecule has 0 amide bonds. The molecule has 0 aromatic heterocycles. The molecule has 1 saturated heterocycles. The number of anilines is 1. The first-order valence-corrected chi connectivity index (χ1v) is 13.5. The Morgan fingerprint density at radius 2 is 1.62 bits per heavy atom. The maximum absolute atomic E-state index is 13.8. The fourth-order valence-electron chi connectivity index (χ4n) is 4.77. The van der Waals surface area contributed by atoms with E-state index in [-0.39, 0.29) is 11.4 Å². The number of hydrogen-bond donors (Lipinski definition) is 0. The second kappa shape index (κ2) is 10.3. The van der Waals surface area contributed by atoms with Crippen molar-refractivity contribution < 1.29 is 22.8 Å². The van der Waals surface area contributed by atoms with Crippen LogP contribution in [0.15, 0.2) is 83.8 Å². The van der Waals surface area contributed by atoms with Crippen molar-refractivity contribution in [1.29, 1.82) is 0 Å². The number of para-hydroxylation sites is 2. The highest BCUT2D eigenvalue weighted by atomic mass is 32.2. The van der Waals surface area contributed by atoms with Crippen LogP contribution in [0.5, 0.6) is 0 Å². The lowest BCUT2D eigenvalue weighted by Gasteiger charge is -2.40. The van der Waals surface area contributed by atoms with Crippen LogP contribution in [-0.2, 0) is 19.5 Å². The molecule has 3 aromatic rings. The van der Waals surface area contributed by atoms with E-state index in [1.807, 2.05) is 30.3 Å². The molecular weight excluding hydrogens is 492 g/mol. The maximum Gasteiger partial charge on any atom is 0.289 e. The van der Waals surface area contributed by atoms with Gasteiger partial charge in [-0.3, -0.25) is 14.4 Å². The number of hydrogen-bond acceptors (Lipinski definition) is 6. The Labute approximate surface area is 216 Å². The second-order valence-corrected chi connectivity index (χ2v) is 11.1. The standard InChI is InChI=1S/C28H26N2O6S/c31-30(32)25-15-6-7-16-26(25)37(33,34)29-19-9-18-28(17-8-13-22-10-4-5-14-24(22)29)20-35-27(36-21-28)23-11-2-1-3-12-23/h1-7,10-12,14-16,27H,9,17-21H2. The molecule has 5 rings (SSSR count). The third-order valence-corrected chi connectivity index (χ3v) is 8.57. The molecule has 0 atom stereocenters. The smallest absolute Gasteiger partial charge is 0.289 e. The highest BCUT2D eigenvalue weighted by Gasteiger charge is 2.38. The van der Waals surface area contributed by atoms with Gasteiger partial charge in [-0.15, -0.1) is 0 Å². The molecule has 0 aliphatic carbocycles. The van der Waals surface area contributed by atoms with Crippen LogP contribution in [0.3, 0.4) is 0 Å². The Morgan fingerprint density at radius 3 is 2.38 bits per heavy atom. The highest BCUT2D eigenvalue weighted by molar-refractivity contribution is 7.93. The Kier molecular flexibility index (Phi) is 6.98. The van der Waals surface area contributed by atoms with Gasteiger partial charge in [0.1, 0.15) is 0 Å². The predicted octanol–water partition coefficient (Wildman–Crippen LogP) is 5.06. The molecule has 3 aromatic carbocycles. The molecule has 0 saturated carbocycles. The monoisotopic (exact) mass is 518 g/mol. The summed E-state index contributed by atoms with van der Waals surface area (Å²) in [7, 11) is -4.24. The number of ether oxygens (including phenoxy) is 2. The summed E-state index contributed by atoms with van der Waals surface area (Å²) in [5.74, 6) is 6.37. The van der Waals surface area contributed by atoms with E-state index in [1.54, 1.807) is 24.3 Å². The molecule has 2 aliphatic heterocycles. The van der Waals surface area contributed by atoms with E-state index >= 15 is 0 Å². The molecule has 1 spiro atoms. The normalized spacial score (nSPS) is 21.9. The lowest BCUT2D eigenvalue weighted by atomic mass is 9.80. The minimum absolute atomic E-state index is 0.136.